The number of carbonyl (C=O) groups excluding carboxylic acids is 1. The molecular formula is C18H20ClNO3S. The highest BCUT2D eigenvalue weighted by Gasteiger charge is 2.16. The second-order valence-electron chi connectivity index (χ2n) is 5.10. The Labute approximate surface area is 151 Å². The molecule has 0 bridgehead atoms. The third-order valence-electron chi connectivity index (χ3n) is 3.47. The molecule has 2 aromatic carbocycles. The number of amides is 1. The Balaban J connectivity index is 1.98. The van der Waals surface area contributed by atoms with Gasteiger partial charge in [0.15, 0.2) is 0 Å². The van der Waals surface area contributed by atoms with Crippen molar-refractivity contribution in [2.45, 2.75) is 17.9 Å². The topological polar surface area (TPSA) is 47.6 Å². The first-order valence-electron chi connectivity index (χ1n) is 7.43. The van der Waals surface area contributed by atoms with Gasteiger partial charge in [-0.2, -0.15) is 0 Å². The van der Waals surface area contributed by atoms with E-state index in [0.717, 1.165) is 11.3 Å². The zero-order valence-corrected chi connectivity index (χ0v) is 15.4. The van der Waals surface area contributed by atoms with Crippen LogP contribution in [0.5, 0.6) is 11.5 Å². The summed E-state index contributed by atoms with van der Waals surface area (Å²) in [5.74, 6) is 1.96. The molecule has 4 nitrogen and oxygen atoms in total. The van der Waals surface area contributed by atoms with E-state index in [1.54, 1.807) is 20.3 Å². The maximum Gasteiger partial charge on any atom is 0.237 e. The first-order chi connectivity index (χ1) is 11.5. The van der Waals surface area contributed by atoms with Gasteiger partial charge in [0.2, 0.25) is 5.91 Å². The molecule has 0 spiro atoms. The summed E-state index contributed by atoms with van der Waals surface area (Å²) in [5, 5.41) is 3.31. The predicted octanol–water partition coefficient (Wildman–Crippen LogP) is 4.62. The summed E-state index contributed by atoms with van der Waals surface area (Å²) in [5.41, 5.74) is 1.63. The van der Waals surface area contributed by atoms with E-state index in [9.17, 15) is 4.79 Å². The predicted molar refractivity (Wildman–Crippen MR) is 100 cm³/mol. The molecule has 2 aromatic rings. The Morgan fingerprint density at radius 3 is 2.58 bits per heavy atom. The molecule has 0 saturated heterocycles. The molecule has 0 heterocycles. The summed E-state index contributed by atoms with van der Waals surface area (Å²) in [7, 11) is 3.20. The summed E-state index contributed by atoms with van der Waals surface area (Å²) >= 11 is 7.55. The molecule has 0 aliphatic carbocycles. The average molecular weight is 366 g/mol. The lowest BCUT2D eigenvalue weighted by Crippen LogP contribution is -2.22. The minimum absolute atomic E-state index is 0.0782. The highest BCUT2D eigenvalue weighted by molar-refractivity contribution is 7.99. The van der Waals surface area contributed by atoms with Gasteiger partial charge in [0, 0.05) is 16.3 Å². The molecule has 0 aliphatic rings. The Hall–Kier alpha value is -1.85. The van der Waals surface area contributed by atoms with E-state index < -0.39 is 0 Å². The van der Waals surface area contributed by atoms with Crippen LogP contribution in [-0.2, 0) is 10.5 Å². The fourth-order valence-electron chi connectivity index (χ4n) is 2.13. The van der Waals surface area contributed by atoms with E-state index in [2.05, 4.69) is 5.32 Å². The van der Waals surface area contributed by atoms with Crippen molar-refractivity contribution < 1.29 is 14.3 Å². The van der Waals surface area contributed by atoms with Gasteiger partial charge in [0.05, 0.1) is 25.2 Å². The summed E-state index contributed by atoms with van der Waals surface area (Å²) in [6.45, 7) is 1.87. The summed E-state index contributed by atoms with van der Waals surface area (Å²) < 4.78 is 10.6. The lowest BCUT2D eigenvalue weighted by molar-refractivity contribution is -0.115. The number of hydrogen-bond acceptors (Lipinski definition) is 4. The molecule has 2 rings (SSSR count). The van der Waals surface area contributed by atoms with E-state index in [1.165, 1.54) is 11.8 Å². The average Bonchev–Trinajstić information content (AvgIpc) is 2.60. The monoisotopic (exact) mass is 365 g/mol. The molecule has 6 heteroatoms. The number of halogens is 1. The van der Waals surface area contributed by atoms with Crippen LogP contribution in [0.3, 0.4) is 0 Å². The SMILES string of the molecule is COc1ccc(Cl)cc1CS[C@@H](C)C(=O)Nc1ccccc1OC. The molecule has 0 fully saturated rings. The highest BCUT2D eigenvalue weighted by Crippen LogP contribution is 2.29. The molecule has 0 unspecified atom stereocenters. The quantitative estimate of drug-likeness (QED) is 0.777. The van der Waals surface area contributed by atoms with E-state index in [1.807, 2.05) is 43.3 Å². The van der Waals surface area contributed by atoms with Crippen molar-refractivity contribution in [2.24, 2.45) is 0 Å². The minimum Gasteiger partial charge on any atom is -0.496 e. The van der Waals surface area contributed by atoms with Crippen LogP contribution in [0.1, 0.15) is 12.5 Å². The number of para-hydroxylation sites is 2. The van der Waals surface area contributed by atoms with E-state index in [4.69, 9.17) is 21.1 Å². The van der Waals surface area contributed by atoms with Gasteiger partial charge in [-0.3, -0.25) is 4.79 Å². The Bertz CT molecular complexity index is 708. The van der Waals surface area contributed by atoms with Gasteiger partial charge >= 0.3 is 0 Å². The molecule has 1 N–H and O–H groups in total. The molecule has 0 aromatic heterocycles. The molecule has 0 aliphatic heterocycles. The van der Waals surface area contributed by atoms with Crippen LogP contribution in [0.15, 0.2) is 42.5 Å². The number of benzene rings is 2. The first kappa shape index (κ1) is 18.5. The maximum absolute atomic E-state index is 12.4. The molecule has 0 radical (unpaired) electrons. The molecule has 128 valence electrons. The number of anilines is 1. The second-order valence-corrected chi connectivity index (χ2v) is 6.86. The van der Waals surface area contributed by atoms with Gasteiger partial charge in [-0.25, -0.2) is 0 Å². The third-order valence-corrected chi connectivity index (χ3v) is 4.89. The number of rotatable bonds is 7. The van der Waals surface area contributed by atoms with Crippen molar-refractivity contribution >= 4 is 35.0 Å². The van der Waals surface area contributed by atoms with Crippen LogP contribution in [0.2, 0.25) is 5.02 Å². The first-order valence-corrected chi connectivity index (χ1v) is 8.85. The van der Waals surface area contributed by atoms with Gasteiger partial charge < -0.3 is 14.8 Å². The van der Waals surface area contributed by atoms with E-state index in [0.29, 0.717) is 22.2 Å². The van der Waals surface area contributed by atoms with Crippen LogP contribution >= 0.6 is 23.4 Å². The largest absolute Gasteiger partial charge is 0.496 e. The van der Waals surface area contributed by atoms with E-state index >= 15 is 0 Å². The lowest BCUT2D eigenvalue weighted by Gasteiger charge is -2.15. The van der Waals surface area contributed by atoms with Gasteiger partial charge in [0.25, 0.3) is 0 Å². The van der Waals surface area contributed by atoms with Gasteiger partial charge in [0.1, 0.15) is 11.5 Å². The van der Waals surface area contributed by atoms with Crippen LogP contribution in [0.25, 0.3) is 0 Å². The van der Waals surface area contributed by atoms with Crippen molar-refractivity contribution in [3.05, 3.63) is 53.1 Å². The Morgan fingerprint density at radius 2 is 1.88 bits per heavy atom. The van der Waals surface area contributed by atoms with Crippen molar-refractivity contribution in [2.75, 3.05) is 19.5 Å². The molecule has 1 amide bonds. The fourth-order valence-corrected chi connectivity index (χ4v) is 3.19. The molecule has 24 heavy (non-hydrogen) atoms. The van der Waals surface area contributed by atoms with E-state index in [-0.39, 0.29) is 11.2 Å². The van der Waals surface area contributed by atoms with Crippen LogP contribution in [-0.4, -0.2) is 25.4 Å². The number of thioether (sulfide) groups is 1. The Morgan fingerprint density at radius 1 is 1.17 bits per heavy atom. The number of carbonyl (C=O) groups is 1. The third kappa shape index (κ3) is 4.82. The van der Waals surface area contributed by atoms with Crippen LogP contribution < -0.4 is 14.8 Å². The van der Waals surface area contributed by atoms with Crippen molar-refractivity contribution in [3.63, 3.8) is 0 Å². The summed E-state index contributed by atoms with van der Waals surface area (Å²) in [6, 6.07) is 12.8. The number of ether oxygens (including phenoxy) is 2. The normalized spacial score (nSPS) is 11.7. The van der Waals surface area contributed by atoms with Gasteiger partial charge in [-0.1, -0.05) is 23.7 Å². The molecule has 1 atom stereocenters. The fraction of sp³-hybridized carbons (Fsp3) is 0.278. The van der Waals surface area contributed by atoms with Crippen molar-refractivity contribution in [1.29, 1.82) is 0 Å². The van der Waals surface area contributed by atoms with Crippen LogP contribution in [0.4, 0.5) is 5.69 Å². The Kier molecular flexibility index (Phi) is 6.82. The van der Waals surface area contributed by atoms with Gasteiger partial charge in [-0.05, 0) is 37.3 Å². The van der Waals surface area contributed by atoms with Gasteiger partial charge in [-0.15, -0.1) is 11.8 Å². The summed E-state index contributed by atoms with van der Waals surface area (Å²) in [6.07, 6.45) is 0. The van der Waals surface area contributed by atoms with Crippen molar-refractivity contribution in [3.8, 4) is 11.5 Å². The summed E-state index contributed by atoms with van der Waals surface area (Å²) in [4.78, 5) is 12.4. The second kappa shape index (κ2) is 8.85. The molecular weight excluding hydrogens is 346 g/mol. The van der Waals surface area contributed by atoms with Crippen LogP contribution in [0, 0.1) is 0 Å². The lowest BCUT2D eigenvalue weighted by atomic mass is 10.2. The molecule has 0 saturated carbocycles. The zero-order valence-electron chi connectivity index (χ0n) is 13.8. The number of hydrogen-bond donors (Lipinski definition) is 1. The maximum atomic E-state index is 12.4. The number of nitrogens with one attached hydrogen (secondary N) is 1. The standard InChI is InChI=1S/C18H20ClNO3S/c1-12(18(21)20-15-6-4-5-7-17(15)23-3)24-11-13-10-14(19)8-9-16(13)22-2/h4-10,12H,11H2,1-3H3,(H,20,21)/t12-/m0/s1. The highest BCUT2D eigenvalue weighted by atomic mass is 35.5. The zero-order chi connectivity index (χ0) is 17.5. The smallest absolute Gasteiger partial charge is 0.237 e. The van der Waals surface area contributed by atoms with Crippen molar-refractivity contribution in [1.82, 2.24) is 0 Å². The number of methoxy groups -OCH3 is 2. The minimum atomic E-state index is -0.237.